The summed E-state index contributed by atoms with van der Waals surface area (Å²) in [5, 5.41) is 6.97. The minimum atomic E-state index is -0.574. The van der Waals surface area contributed by atoms with E-state index in [1.54, 1.807) is 11.1 Å². The summed E-state index contributed by atoms with van der Waals surface area (Å²) in [5.41, 5.74) is 6.62. The van der Waals surface area contributed by atoms with Crippen molar-refractivity contribution < 1.29 is 19.1 Å². The average molecular weight is 416 g/mol. The minimum Gasteiger partial charge on any atom is -0.381 e. The predicted octanol–water partition coefficient (Wildman–Crippen LogP) is 0.633. The molecule has 0 bridgehead atoms. The molecule has 9 nitrogen and oxygen atoms in total. The van der Waals surface area contributed by atoms with Gasteiger partial charge in [0.05, 0.1) is 30.1 Å². The first-order chi connectivity index (χ1) is 12.9. The highest BCUT2D eigenvalue weighted by Gasteiger charge is 2.28. The van der Waals surface area contributed by atoms with Gasteiger partial charge >= 0.3 is 0 Å². The molecule has 0 spiro atoms. The van der Waals surface area contributed by atoms with Crippen molar-refractivity contribution in [1.82, 2.24) is 14.7 Å². The van der Waals surface area contributed by atoms with Crippen molar-refractivity contribution in [2.75, 3.05) is 31.6 Å². The summed E-state index contributed by atoms with van der Waals surface area (Å²) in [7, 11) is 0. The van der Waals surface area contributed by atoms with E-state index in [1.807, 2.05) is 13.8 Å². The van der Waals surface area contributed by atoms with Gasteiger partial charge in [-0.15, -0.1) is 12.4 Å². The van der Waals surface area contributed by atoms with Gasteiger partial charge in [-0.25, -0.2) is 0 Å². The molecule has 2 amide bonds. The van der Waals surface area contributed by atoms with Crippen molar-refractivity contribution in [2.24, 2.45) is 11.7 Å². The number of hydrogen-bond acceptors (Lipinski definition) is 6. The minimum absolute atomic E-state index is 0. The van der Waals surface area contributed by atoms with Crippen molar-refractivity contribution in [3.8, 4) is 0 Å². The van der Waals surface area contributed by atoms with Crippen LogP contribution in [0.5, 0.6) is 0 Å². The van der Waals surface area contributed by atoms with E-state index < -0.39 is 6.04 Å². The molecule has 2 aliphatic rings. The summed E-state index contributed by atoms with van der Waals surface area (Å²) in [6.45, 7) is 6.48. The number of halogens is 1. The van der Waals surface area contributed by atoms with Crippen LogP contribution in [0.1, 0.15) is 26.7 Å². The van der Waals surface area contributed by atoms with Gasteiger partial charge in [-0.1, -0.05) is 0 Å². The van der Waals surface area contributed by atoms with Crippen LogP contribution < -0.4 is 11.1 Å². The number of hydrogen-bond donors (Lipinski definition) is 2. The number of nitrogens with zero attached hydrogens (tertiary/aromatic N) is 3. The maximum absolute atomic E-state index is 12.5. The third-order valence-corrected chi connectivity index (χ3v) is 5.05. The molecular weight excluding hydrogens is 386 g/mol. The van der Waals surface area contributed by atoms with Crippen molar-refractivity contribution in [1.29, 1.82) is 0 Å². The third kappa shape index (κ3) is 5.91. The Balaban J connectivity index is 0.00000280. The maximum atomic E-state index is 12.5. The molecule has 2 aliphatic heterocycles. The van der Waals surface area contributed by atoms with Crippen LogP contribution >= 0.6 is 12.4 Å². The molecule has 0 saturated carbocycles. The predicted molar refractivity (Wildman–Crippen MR) is 106 cm³/mol. The maximum Gasteiger partial charge on any atom is 0.244 e. The molecule has 1 aromatic rings. The Morgan fingerprint density at radius 1 is 1.29 bits per heavy atom. The van der Waals surface area contributed by atoms with E-state index in [1.165, 1.54) is 10.9 Å². The zero-order valence-electron chi connectivity index (χ0n) is 16.4. The lowest BCUT2D eigenvalue weighted by Crippen LogP contribution is -2.49. The van der Waals surface area contributed by atoms with Crippen molar-refractivity contribution in [3.05, 3.63) is 12.4 Å². The second-order valence-corrected chi connectivity index (χ2v) is 7.45. The van der Waals surface area contributed by atoms with E-state index in [9.17, 15) is 9.59 Å². The fourth-order valence-corrected chi connectivity index (χ4v) is 3.65. The smallest absolute Gasteiger partial charge is 0.244 e. The first-order valence-corrected chi connectivity index (χ1v) is 9.52. The summed E-state index contributed by atoms with van der Waals surface area (Å²) in [4.78, 5) is 26.6. The van der Waals surface area contributed by atoms with Crippen molar-refractivity contribution in [2.45, 2.75) is 51.5 Å². The first-order valence-electron chi connectivity index (χ1n) is 9.52. The molecule has 28 heavy (non-hydrogen) atoms. The Morgan fingerprint density at radius 2 is 1.93 bits per heavy atom. The number of carbonyl (C=O) groups is 2. The highest BCUT2D eigenvalue weighted by molar-refractivity contribution is 5.94. The van der Waals surface area contributed by atoms with E-state index >= 15 is 0 Å². The molecule has 3 atom stereocenters. The van der Waals surface area contributed by atoms with E-state index in [4.69, 9.17) is 15.2 Å². The van der Waals surface area contributed by atoms with Gasteiger partial charge in [-0.2, -0.15) is 5.10 Å². The van der Waals surface area contributed by atoms with E-state index in [0.29, 0.717) is 32.0 Å². The summed E-state index contributed by atoms with van der Waals surface area (Å²) in [5.74, 6) is -0.124. The molecule has 3 rings (SSSR count). The lowest BCUT2D eigenvalue weighted by molar-refractivity contribution is -0.144. The van der Waals surface area contributed by atoms with Crippen molar-refractivity contribution in [3.63, 3.8) is 0 Å². The molecule has 3 heterocycles. The fraction of sp³-hybridized carbons (Fsp3) is 0.722. The first kappa shape index (κ1) is 22.6. The SMILES string of the molecule is CC1CN(C(=O)Cn2cc(NC(=O)C(N)C3CCOCC3)cn2)CC(C)O1.Cl. The van der Waals surface area contributed by atoms with Crippen LogP contribution in [0.15, 0.2) is 12.4 Å². The molecule has 2 saturated heterocycles. The lowest BCUT2D eigenvalue weighted by atomic mass is 9.92. The summed E-state index contributed by atoms with van der Waals surface area (Å²) in [6.07, 6.45) is 4.82. The monoisotopic (exact) mass is 415 g/mol. The number of ether oxygens (including phenoxy) is 2. The molecule has 0 aliphatic carbocycles. The number of morpholine rings is 1. The van der Waals surface area contributed by atoms with Gasteiger partial charge in [0.15, 0.2) is 0 Å². The second kappa shape index (κ2) is 10.2. The van der Waals surface area contributed by atoms with Gasteiger partial charge in [-0.05, 0) is 32.6 Å². The molecule has 1 aromatic heterocycles. The molecule has 3 unspecified atom stereocenters. The molecule has 158 valence electrons. The topological polar surface area (TPSA) is 112 Å². The number of carbonyl (C=O) groups excluding carboxylic acids is 2. The van der Waals surface area contributed by atoms with Crippen LogP contribution in [-0.2, 0) is 25.6 Å². The number of nitrogens with one attached hydrogen (secondary N) is 1. The largest absolute Gasteiger partial charge is 0.381 e. The standard InChI is InChI=1S/C18H29N5O4.ClH/c1-12-8-22(9-13(2)27-12)16(24)11-23-10-15(7-20-23)21-18(25)17(19)14-3-5-26-6-4-14;/h7,10,12-14,17H,3-6,8-9,11,19H2,1-2H3,(H,21,25);1H. The van der Waals surface area contributed by atoms with Gasteiger partial charge in [-0.3, -0.25) is 14.3 Å². The van der Waals surface area contributed by atoms with Crippen molar-refractivity contribution >= 4 is 29.9 Å². The number of anilines is 1. The van der Waals surface area contributed by atoms with Gasteiger partial charge in [0.2, 0.25) is 11.8 Å². The number of rotatable bonds is 5. The molecule has 2 fully saturated rings. The number of aromatic nitrogens is 2. The van der Waals surface area contributed by atoms with Crippen LogP contribution in [0.4, 0.5) is 5.69 Å². The van der Waals surface area contributed by atoms with Crippen LogP contribution in [-0.4, -0.2) is 71.0 Å². The van der Waals surface area contributed by atoms with Crippen LogP contribution in [0.3, 0.4) is 0 Å². The lowest BCUT2D eigenvalue weighted by Gasteiger charge is -2.35. The van der Waals surface area contributed by atoms with E-state index in [-0.39, 0.29) is 48.9 Å². The Labute approximate surface area is 171 Å². The van der Waals surface area contributed by atoms with Gasteiger partial charge in [0, 0.05) is 32.5 Å². The van der Waals surface area contributed by atoms with E-state index in [0.717, 1.165) is 12.8 Å². The summed E-state index contributed by atoms with van der Waals surface area (Å²) >= 11 is 0. The Morgan fingerprint density at radius 3 is 2.57 bits per heavy atom. The van der Waals surface area contributed by atoms with Crippen LogP contribution in [0.25, 0.3) is 0 Å². The number of nitrogens with two attached hydrogens (primary N) is 1. The average Bonchev–Trinajstić information content (AvgIpc) is 3.07. The van der Waals surface area contributed by atoms with Gasteiger partial charge in [0.1, 0.15) is 6.54 Å². The number of amides is 2. The molecular formula is C18H30ClN5O4. The van der Waals surface area contributed by atoms with Crippen LogP contribution in [0, 0.1) is 5.92 Å². The Bertz CT molecular complexity index is 654. The third-order valence-electron chi connectivity index (χ3n) is 5.05. The molecule has 0 aromatic carbocycles. The molecule has 3 N–H and O–H groups in total. The van der Waals surface area contributed by atoms with Gasteiger partial charge < -0.3 is 25.4 Å². The summed E-state index contributed by atoms with van der Waals surface area (Å²) in [6, 6.07) is -0.574. The quantitative estimate of drug-likeness (QED) is 0.729. The summed E-state index contributed by atoms with van der Waals surface area (Å²) < 4.78 is 12.5. The zero-order valence-corrected chi connectivity index (χ0v) is 17.2. The zero-order chi connectivity index (χ0) is 19.4. The fourth-order valence-electron chi connectivity index (χ4n) is 3.65. The molecule has 0 radical (unpaired) electrons. The van der Waals surface area contributed by atoms with Gasteiger partial charge in [0.25, 0.3) is 0 Å². The second-order valence-electron chi connectivity index (χ2n) is 7.45. The highest BCUT2D eigenvalue weighted by Crippen LogP contribution is 2.19. The molecule has 10 heteroatoms. The normalized spacial score (nSPS) is 24.3. The Kier molecular flexibility index (Phi) is 8.23. The highest BCUT2D eigenvalue weighted by atomic mass is 35.5. The van der Waals surface area contributed by atoms with Crippen LogP contribution in [0.2, 0.25) is 0 Å². The Hall–Kier alpha value is -1.68. The van der Waals surface area contributed by atoms with E-state index in [2.05, 4.69) is 10.4 Å².